The number of fused-ring (bicyclic) bond motifs is 2. The monoisotopic (exact) mass is 532 g/mol. The molecule has 0 bridgehead atoms. The van der Waals surface area contributed by atoms with Crippen LogP contribution in [0, 0.1) is 6.92 Å². The molecule has 3 nitrogen and oxygen atoms in total. The van der Waals surface area contributed by atoms with Gasteiger partial charge in [-0.1, -0.05) is 77.3 Å². The van der Waals surface area contributed by atoms with Crippen LogP contribution in [-0.2, 0) is 5.41 Å². The fourth-order valence-corrected chi connectivity index (χ4v) is 6.36. The van der Waals surface area contributed by atoms with E-state index >= 15 is 0 Å². The number of allylic oxidation sites excluding steroid dienone is 2. The van der Waals surface area contributed by atoms with Crippen molar-refractivity contribution in [3.8, 4) is 0 Å². The highest BCUT2D eigenvalue weighted by molar-refractivity contribution is 6.42. The molecule has 192 valence electrons. The highest BCUT2D eigenvalue weighted by Crippen LogP contribution is 2.48. The highest BCUT2D eigenvalue weighted by Gasteiger charge is 2.38. The average molecular weight is 534 g/mol. The number of likely N-dealkylation sites (N-methyl/N-ethyl adjacent to an activating group) is 1. The summed E-state index contributed by atoms with van der Waals surface area (Å²) in [5.41, 5.74) is 7.35. The molecule has 5 heteroatoms. The number of benzene rings is 3. The number of halogens is 2. The SMILES string of the molecule is Cc1cccc(C(=O)N(C)C[C@@H](CCC2=CC3(CCNCC3)c3ccccc32)c2ccc(Cl)c(Cl)c2)c1. The predicted molar refractivity (Wildman–Crippen MR) is 155 cm³/mol. The minimum Gasteiger partial charge on any atom is -0.341 e. The molecule has 1 amide bonds. The van der Waals surface area contributed by atoms with Gasteiger partial charge in [-0.15, -0.1) is 0 Å². The van der Waals surface area contributed by atoms with E-state index in [2.05, 4.69) is 41.7 Å². The van der Waals surface area contributed by atoms with Crippen molar-refractivity contribution < 1.29 is 4.79 Å². The number of nitrogens with zero attached hydrogens (tertiary/aromatic N) is 1. The number of aryl methyl sites for hydroxylation is 1. The van der Waals surface area contributed by atoms with Gasteiger partial charge in [-0.05, 0) is 92.2 Å². The standard InChI is InChI=1S/C32H34Cl2N2O/c1-22-6-5-7-24(18-22)31(37)36(2)21-26(23-12-13-29(33)30(34)19-23)11-10-25-20-32(14-16-35-17-15-32)28-9-4-3-8-27(25)28/h3-9,12-13,18-20,26,35H,10-11,14-17,21H2,1-2H3/t26-/m1/s1. The zero-order valence-electron chi connectivity index (χ0n) is 21.6. The van der Waals surface area contributed by atoms with Crippen LogP contribution in [0.5, 0.6) is 0 Å². The largest absolute Gasteiger partial charge is 0.341 e. The van der Waals surface area contributed by atoms with Gasteiger partial charge in [0, 0.05) is 30.5 Å². The highest BCUT2D eigenvalue weighted by atomic mass is 35.5. The zero-order chi connectivity index (χ0) is 26.0. The van der Waals surface area contributed by atoms with Crippen LogP contribution in [0.3, 0.4) is 0 Å². The van der Waals surface area contributed by atoms with Crippen LogP contribution < -0.4 is 5.32 Å². The molecule has 3 aromatic carbocycles. The lowest BCUT2D eigenvalue weighted by atomic mass is 9.75. The normalized spacial score (nSPS) is 16.8. The molecular formula is C32H34Cl2N2O. The Morgan fingerprint density at radius 2 is 1.78 bits per heavy atom. The number of carbonyl (C=O) groups is 1. The number of hydrogen-bond acceptors (Lipinski definition) is 2. The maximum Gasteiger partial charge on any atom is 0.253 e. The quantitative estimate of drug-likeness (QED) is 0.338. The van der Waals surface area contributed by atoms with Gasteiger partial charge in [0.15, 0.2) is 0 Å². The predicted octanol–water partition coefficient (Wildman–Crippen LogP) is 7.66. The zero-order valence-corrected chi connectivity index (χ0v) is 23.1. The van der Waals surface area contributed by atoms with E-state index in [1.54, 1.807) is 0 Å². The molecule has 37 heavy (non-hydrogen) atoms. The van der Waals surface area contributed by atoms with Gasteiger partial charge in [0.05, 0.1) is 10.0 Å². The van der Waals surface area contributed by atoms with E-state index in [1.165, 1.54) is 16.7 Å². The molecule has 1 aliphatic heterocycles. The van der Waals surface area contributed by atoms with E-state index in [9.17, 15) is 4.79 Å². The molecule has 1 saturated heterocycles. The van der Waals surface area contributed by atoms with Crippen LogP contribution >= 0.6 is 23.2 Å². The molecule has 1 heterocycles. The van der Waals surface area contributed by atoms with Crippen LogP contribution in [0.25, 0.3) is 5.57 Å². The van der Waals surface area contributed by atoms with Crippen molar-refractivity contribution in [3.05, 3.63) is 111 Å². The summed E-state index contributed by atoms with van der Waals surface area (Å²) in [6, 6.07) is 22.6. The van der Waals surface area contributed by atoms with Crippen LogP contribution in [0.2, 0.25) is 10.0 Å². The second-order valence-electron chi connectivity index (χ2n) is 10.6. The second kappa shape index (κ2) is 11.0. The van der Waals surface area contributed by atoms with E-state index in [4.69, 9.17) is 23.2 Å². The maximum atomic E-state index is 13.3. The first kappa shape index (κ1) is 26.0. The van der Waals surface area contributed by atoms with E-state index in [0.29, 0.717) is 16.6 Å². The molecular weight excluding hydrogens is 499 g/mol. The minimum atomic E-state index is 0.0350. The van der Waals surface area contributed by atoms with Crippen LogP contribution in [0.4, 0.5) is 0 Å². The average Bonchev–Trinajstić information content (AvgIpc) is 3.20. The van der Waals surface area contributed by atoms with Gasteiger partial charge in [0.25, 0.3) is 5.91 Å². The first-order valence-corrected chi connectivity index (χ1v) is 13.9. The number of rotatable bonds is 7. The summed E-state index contributed by atoms with van der Waals surface area (Å²) in [6.45, 7) is 4.72. The van der Waals surface area contributed by atoms with Gasteiger partial charge in [-0.25, -0.2) is 0 Å². The van der Waals surface area contributed by atoms with Crippen molar-refractivity contribution in [3.63, 3.8) is 0 Å². The molecule has 2 aliphatic rings. The first-order valence-electron chi connectivity index (χ1n) is 13.2. The Balaban J connectivity index is 1.40. The van der Waals surface area contributed by atoms with Crippen LogP contribution in [0.1, 0.15) is 64.2 Å². The number of amides is 1. The molecule has 3 aromatic rings. The number of nitrogens with one attached hydrogen (secondary N) is 1. The van der Waals surface area contributed by atoms with Crippen molar-refractivity contribution in [1.29, 1.82) is 0 Å². The summed E-state index contributed by atoms with van der Waals surface area (Å²) in [5.74, 6) is 0.166. The Bertz CT molecular complexity index is 1330. The lowest BCUT2D eigenvalue weighted by molar-refractivity contribution is 0.0785. The van der Waals surface area contributed by atoms with Gasteiger partial charge in [-0.3, -0.25) is 4.79 Å². The molecule has 5 rings (SSSR count). The van der Waals surface area contributed by atoms with Gasteiger partial charge in [0.2, 0.25) is 0 Å². The maximum absolute atomic E-state index is 13.3. The smallest absolute Gasteiger partial charge is 0.253 e. The summed E-state index contributed by atoms with van der Waals surface area (Å²) in [5, 5.41) is 4.62. The summed E-state index contributed by atoms with van der Waals surface area (Å²) in [7, 11) is 1.89. The molecule has 0 saturated carbocycles. The molecule has 1 spiro atoms. The Hall–Kier alpha value is -2.59. The fourth-order valence-electron chi connectivity index (χ4n) is 6.05. The van der Waals surface area contributed by atoms with E-state index in [1.807, 2.05) is 55.3 Å². The number of piperidine rings is 1. The summed E-state index contributed by atoms with van der Waals surface area (Å²) in [4.78, 5) is 15.1. The lowest BCUT2D eigenvalue weighted by Crippen LogP contribution is -2.37. The van der Waals surface area contributed by atoms with Gasteiger partial charge in [0.1, 0.15) is 0 Å². The van der Waals surface area contributed by atoms with Gasteiger partial charge >= 0.3 is 0 Å². The van der Waals surface area contributed by atoms with Crippen LogP contribution in [0.15, 0.2) is 72.8 Å². The number of hydrogen-bond donors (Lipinski definition) is 1. The van der Waals surface area contributed by atoms with E-state index < -0.39 is 0 Å². The van der Waals surface area contributed by atoms with E-state index in [0.717, 1.165) is 55.5 Å². The minimum absolute atomic E-state index is 0.0350. The van der Waals surface area contributed by atoms with Crippen molar-refractivity contribution in [2.75, 3.05) is 26.7 Å². The Labute approximate surface area is 230 Å². The third kappa shape index (κ3) is 5.50. The van der Waals surface area contributed by atoms with Crippen molar-refractivity contribution >= 4 is 34.7 Å². The van der Waals surface area contributed by atoms with Crippen LogP contribution in [-0.4, -0.2) is 37.5 Å². The topological polar surface area (TPSA) is 32.3 Å². The molecule has 1 fully saturated rings. The van der Waals surface area contributed by atoms with Gasteiger partial charge in [-0.2, -0.15) is 0 Å². The van der Waals surface area contributed by atoms with Crippen molar-refractivity contribution in [1.82, 2.24) is 10.2 Å². The second-order valence-corrected chi connectivity index (χ2v) is 11.4. The number of carbonyl (C=O) groups excluding carboxylic acids is 1. The first-order chi connectivity index (χ1) is 17.9. The lowest BCUT2D eigenvalue weighted by Gasteiger charge is -2.33. The Kier molecular flexibility index (Phi) is 7.76. The summed E-state index contributed by atoms with van der Waals surface area (Å²) in [6.07, 6.45) is 6.68. The van der Waals surface area contributed by atoms with Gasteiger partial charge < -0.3 is 10.2 Å². The van der Waals surface area contributed by atoms with E-state index in [-0.39, 0.29) is 17.2 Å². The molecule has 1 aliphatic carbocycles. The fraction of sp³-hybridized carbons (Fsp3) is 0.344. The summed E-state index contributed by atoms with van der Waals surface area (Å²) >= 11 is 12.7. The van der Waals surface area contributed by atoms with Crippen molar-refractivity contribution in [2.45, 2.75) is 43.9 Å². The third-order valence-corrected chi connectivity index (χ3v) is 8.78. The Morgan fingerprint density at radius 1 is 1.00 bits per heavy atom. The third-order valence-electron chi connectivity index (χ3n) is 8.04. The molecule has 1 N–H and O–H groups in total. The Morgan fingerprint density at radius 3 is 2.54 bits per heavy atom. The summed E-state index contributed by atoms with van der Waals surface area (Å²) < 4.78 is 0. The molecule has 0 unspecified atom stereocenters. The van der Waals surface area contributed by atoms with Crippen molar-refractivity contribution in [2.24, 2.45) is 0 Å². The molecule has 1 atom stereocenters. The molecule has 0 radical (unpaired) electrons. The molecule has 0 aromatic heterocycles.